The fraction of sp³-hybridized carbons (Fsp3) is 0.611. The Morgan fingerprint density at radius 1 is 1.15 bits per heavy atom. The van der Waals surface area contributed by atoms with Crippen molar-refractivity contribution in [2.24, 2.45) is 5.92 Å². The highest BCUT2D eigenvalue weighted by Gasteiger charge is 2.22. The summed E-state index contributed by atoms with van der Waals surface area (Å²) in [4.78, 5) is 16.9. The van der Waals surface area contributed by atoms with E-state index >= 15 is 0 Å². The number of carbonyl (C=O) groups excluding carboxylic acids is 1. The lowest BCUT2D eigenvalue weighted by molar-refractivity contribution is -0.119. The summed E-state index contributed by atoms with van der Waals surface area (Å²) in [7, 11) is 2.16. The van der Waals surface area contributed by atoms with Crippen molar-refractivity contribution in [2.75, 3.05) is 64.8 Å². The predicted octanol–water partition coefficient (Wildman–Crippen LogP) is 2.13. The van der Waals surface area contributed by atoms with E-state index in [1.165, 1.54) is 0 Å². The van der Waals surface area contributed by atoms with Crippen molar-refractivity contribution < 1.29 is 9.53 Å². The number of likely N-dealkylation sites (N-methyl/N-ethyl adjacent to an activating group) is 1. The van der Waals surface area contributed by atoms with Gasteiger partial charge in [0.15, 0.2) is 0 Å². The first-order valence-electron chi connectivity index (χ1n) is 8.86. The number of rotatable bonds is 6. The third-order valence-corrected chi connectivity index (χ3v) is 4.83. The van der Waals surface area contributed by atoms with Crippen molar-refractivity contribution in [3.63, 3.8) is 0 Å². The summed E-state index contributed by atoms with van der Waals surface area (Å²) in [6.07, 6.45) is 0.916. The third-order valence-electron chi connectivity index (χ3n) is 4.83. The molecule has 2 aliphatic heterocycles. The minimum Gasteiger partial charge on any atom is -0.492 e. The van der Waals surface area contributed by atoms with E-state index in [0.717, 1.165) is 63.7 Å². The fourth-order valence-electron chi connectivity index (χ4n) is 3.12. The van der Waals surface area contributed by atoms with E-state index in [0.29, 0.717) is 6.61 Å². The average Bonchev–Trinajstić information content (AvgIpc) is 3.13. The van der Waals surface area contributed by atoms with Gasteiger partial charge in [0, 0.05) is 45.0 Å². The van der Waals surface area contributed by atoms with Gasteiger partial charge in [-0.2, -0.15) is 0 Å². The van der Waals surface area contributed by atoms with Crippen LogP contribution in [0.25, 0.3) is 0 Å². The molecule has 0 aliphatic carbocycles. The summed E-state index contributed by atoms with van der Waals surface area (Å²) in [5, 5.41) is 6.19. The van der Waals surface area contributed by atoms with E-state index in [2.05, 4.69) is 27.5 Å². The highest BCUT2D eigenvalue weighted by Crippen LogP contribution is 2.17. The highest BCUT2D eigenvalue weighted by molar-refractivity contribution is 5.92. The maximum absolute atomic E-state index is 12.1. The molecule has 2 N–H and O–H groups in total. The van der Waals surface area contributed by atoms with Crippen LogP contribution in [0.5, 0.6) is 5.75 Å². The van der Waals surface area contributed by atoms with E-state index in [1.807, 2.05) is 24.3 Å². The molecule has 2 aliphatic rings. The fourth-order valence-corrected chi connectivity index (χ4v) is 3.12. The van der Waals surface area contributed by atoms with Crippen LogP contribution in [-0.2, 0) is 4.79 Å². The molecule has 27 heavy (non-hydrogen) atoms. The van der Waals surface area contributed by atoms with Gasteiger partial charge >= 0.3 is 0 Å². The van der Waals surface area contributed by atoms with Crippen LogP contribution in [0.1, 0.15) is 6.42 Å². The second-order valence-corrected chi connectivity index (χ2v) is 6.70. The van der Waals surface area contributed by atoms with Gasteiger partial charge in [-0.05, 0) is 44.3 Å². The van der Waals surface area contributed by atoms with Gasteiger partial charge < -0.3 is 20.3 Å². The summed E-state index contributed by atoms with van der Waals surface area (Å²) in [6.45, 7) is 7.85. The Morgan fingerprint density at radius 2 is 1.81 bits per heavy atom. The number of anilines is 1. The van der Waals surface area contributed by atoms with E-state index in [9.17, 15) is 4.79 Å². The van der Waals surface area contributed by atoms with Crippen molar-refractivity contribution in [2.45, 2.75) is 6.42 Å². The van der Waals surface area contributed by atoms with Gasteiger partial charge in [0.1, 0.15) is 12.4 Å². The minimum atomic E-state index is 0. The number of amides is 1. The van der Waals surface area contributed by atoms with E-state index < -0.39 is 0 Å². The van der Waals surface area contributed by atoms with Crippen LogP contribution in [0.3, 0.4) is 0 Å². The van der Waals surface area contributed by atoms with Gasteiger partial charge in [-0.15, -0.1) is 37.2 Å². The number of hydrogen-bond donors (Lipinski definition) is 2. The normalized spacial score (nSPS) is 20.0. The van der Waals surface area contributed by atoms with Crippen molar-refractivity contribution in [1.82, 2.24) is 15.1 Å². The maximum atomic E-state index is 12.1. The summed E-state index contributed by atoms with van der Waals surface area (Å²) in [5.74, 6) is 1.04. The predicted molar refractivity (Wildman–Crippen MR) is 117 cm³/mol. The second-order valence-electron chi connectivity index (χ2n) is 6.70. The van der Waals surface area contributed by atoms with Crippen LogP contribution < -0.4 is 15.4 Å². The molecule has 1 aromatic rings. The Labute approximate surface area is 180 Å². The smallest absolute Gasteiger partial charge is 0.228 e. The molecule has 1 aromatic carbocycles. The number of carbonyl (C=O) groups is 1. The Bertz CT molecular complexity index is 534. The number of piperazine rings is 1. The summed E-state index contributed by atoms with van der Waals surface area (Å²) < 4.78 is 5.82. The van der Waals surface area contributed by atoms with Gasteiger partial charge in [0.2, 0.25) is 5.91 Å². The number of benzene rings is 1. The van der Waals surface area contributed by atoms with Crippen LogP contribution in [0, 0.1) is 5.92 Å². The van der Waals surface area contributed by atoms with Gasteiger partial charge in [-0.25, -0.2) is 0 Å². The zero-order valence-electron chi connectivity index (χ0n) is 15.7. The van der Waals surface area contributed by atoms with E-state index in [-0.39, 0.29) is 49.0 Å². The summed E-state index contributed by atoms with van der Waals surface area (Å²) in [5.41, 5.74) is 0.832. The summed E-state index contributed by atoms with van der Waals surface area (Å²) in [6, 6.07) is 7.66. The summed E-state index contributed by atoms with van der Waals surface area (Å²) >= 11 is 0. The van der Waals surface area contributed by atoms with Crippen molar-refractivity contribution >= 4 is 48.8 Å². The van der Waals surface area contributed by atoms with Crippen molar-refractivity contribution in [3.05, 3.63) is 24.3 Å². The van der Waals surface area contributed by atoms with Crippen LogP contribution in [0.15, 0.2) is 24.3 Å². The quantitative estimate of drug-likeness (QED) is 0.708. The minimum absolute atomic E-state index is 0. The molecule has 0 aromatic heterocycles. The monoisotopic (exact) mass is 440 g/mol. The van der Waals surface area contributed by atoms with Crippen LogP contribution in [0.2, 0.25) is 0 Å². The Kier molecular flexibility index (Phi) is 13.0. The zero-order valence-corrected chi connectivity index (χ0v) is 18.1. The molecule has 0 radical (unpaired) electrons. The van der Waals surface area contributed by atoms with Gasteiger partial charge in [-0.3, -0.25) is 9.69 Å². The number of ether oxygens (including phenoxy) is 1. The Hall–Kier alpha value is -0.760. The maximum Gasteiger partial charge on any atom is 0.228 e. The van der Waals surface area contributed by atoms with Crippen molar-refractivity contribution in [3.8, 4) is 5.75 Å². The Morgan fingerprint density at radius 3 is 2.41 bits per heavy atom. The first-order chi connectivity index (χ1) is 11.7. The topological polar surface area (TPSA) is 56.8 Å². The lowest BCUT2D eigenvalue weighted by atomic mass is 10.1. The first kappa shape index (κ1) is 26.2. The molecule has 0 saturated carbocycles. The Balaban J connectivity index is 0.00000225. The molecule has 0 bridgehead atoms. The van der Waals surface area contributed by atoms with E-state index in [4.69, 9.17) is 4.74 Å². The molecular weight excluding hydrogens is 411 g/mol. The number of nitrogens with one attached hydrogen (secondary N) is 2. The lowest BCUT2D eigenvalue weighted by Crippen LogP contribution is -2.45. The molecule has 0 spiro atoms. The number of halogens is 3. The molecule has 6 nitrogen and oxygen atoms in total. The molecule has 2 heterocycles. The molecule has 9 heteroatoms. The SMILES string of the molecule is CN1CCN(CCOc2ccc(NC(=O)C3CCNC3)cc2)CC1.Cl.Cl.Cl. The van der Waals surface area contributed by atoms with Crippen LogP contribution >= 0.6 is 37.2 Å². The largest absolute Gasteiger partial charge is 0.492 e. The van der Waals surface area contributed by atoms with Gasteiger partial charge in [0.05, 0.1) is 5.92 Å². The number of nitrogens with zero attached hydrogens (tertiary/aromatic N) is 2. The average molecular weight is 442 g/mol. The molecule has 1 amide bonds. The molecule has 1 unspecified atom stereocenters. The number of hydrogen-bond acceptors (Lipinski definition) is 5. The standard InChI is InChI=1S/C18H28N4O2.3ClH/c1-21-8-10-22(11-9-21)12-13-24-17-4-2-16(3-5-17)20-18(23)15-6-7-19-14-15;;;/h2-5,15,19H,6-14H2,1H3,(H,20,23);3*1H. The van der Waals surface area contributed by atoms with Crippen LogP contribution in [-0.4, -0.2) is 75.2 Å². The van der Waals surface area contributed by atoms with Crippen LogP contribution in [0.4, 0.5) is 5.69 Å². The molecule has 156 valence electrons. The molecular formula is C18H31Cl3N4O2. The van der Waals surface area contributed by atoms with E-state index in [1.54, 1.807) is 0 Å². The molecule has 2 saturated heterocycles. The molecule has 3 rings (SSSR count). The molecule has 1 atom stereocenters. The third kappa shape index (κ3) is 8.42. The van der Waals surface area contributed by atoms with Gasteiger partial charge in [0.25, 0.3) is 0 Å². The molecule has 2 fully saturated rings. The van der Waals surface area contributed by atoms with Gasteiger partial charge in [-0.1, -0.05) is 0 Å². The van der Waals surface area contributed by atoms with Crippen molar-refractivity contribution in [1.29, 1.82) is 0 Å². The zero-order chi connectivity index (χ0) is 16.8. The first-order valence-corrected chi connectivity index (χ1v) is 8.86. The highest BCUT2D eigenvalue weighted by atomic mass is 35.5. The second kappa shape index (κ2) is 13.4. The lowest BCUT2D eigenvalue weighted by Gasteiger charge is -2.32.